The van der Waals surface area contributed by atoms with Crippen molar-refractivity contribution in [3.63, 3.8) is 0 Å². The molecule has 0 saturated heterocycles. The average molecular weight is 262 g/mol. The van der Waals surface area contributed by atoms with Gasteiger partial charge in [-0.25, -0.2) is 0 Å². The topological polar surface area (TPSA) is 97.0 Å². The van der Waals surface area contributed by atoms with Crippen LogP contribution >= 0.6 is 0 Å². The molecule has 1 N–H and O–H groups in total. The van der Waals surface area contributed by atoms with E-state index in [1.54, 1.807) is 26.1 Å². The van der Waals surface area contributed by atoms with Crippen LogP contribution in [0.5, 0.6) is 0 Å². The minimum atomic E-state index is -0.268. The fraction of sp³-hybridized carbons (Fsp3) is 0.364. The first kappa shape index (κ1) is 12.9. The summed E-state index contributed by atoms with van der Waals surface area (Å²) >= 11 is 0. The van der Waals surface area contributed by atoms with Crippen molar-refractivity contribution in [2.24, 2.45) is 0 Å². The lowest BCUT2D eigenvalue weighted by Crippen LogP contribution is -2.22. The number of amides is 1. The van der Waals surface area contributed by atoms with E-state index >= 15 is 0 Å². The summed E-state index contributed by atoms with van der Waals surface area (Å²) in [4.78, 5) is 17.2. The molecule has 0 atom stereocenters. The predicted octanol–water partition coefficient (Wildman–Crippen LogP) is 0.164. The van der Waals surface area contributed by atoms with Gasteiger partial charge in [-0.1, -0.05) is 5.16 Å². The van der Waals surface area contributed by atoms with Crippen LogP contribution in [0.3, 0.4) is 0 Å². The third-order valence-electron chi connectivity index (χ3n) is 2.45. The fourth-order valence-corrected chi connectivity index (χ4v) is 1.48. The molecule has 0 aromatic carbocycles. The molecule has 8 nitrogen and oxygen atoms in total. The number of aryl methyl sites for hydroxylation is 1. The van der Waals surface area contributed by atoms with Crippen LogP contribution in [0.1, 0.15) is 22.2 Å². The maximum absolute atomic E-state index is 11.3. The molecule has 19 heavy (non-hydrogen) atoms. The summed E-state index contributed by atoms with van der Waals surface area (Å²) in [7, 11) is 3.37. The summed E-state index contributed by atoms with van der Waals surface area (Å²) in [6.07, 6.45) is 0. The SMILES string of the molecule is CNC(=O)c1ccc(N(C)Cc2noc(C)n2)nn1. The largest absolute Gasteiger partial charge is 0.354 e. The molecular weight excluding hydrogens is 248 g/mol. The number of rotatable bonds is 4. The van der Waals surface area contributed by atoms with Crippen LogP contribution in [0.2, 0.25) is 0 Å². The number of hydrogen-bond donors (Lipinski definition) is 1. The first-order valence-electron chi connectivity index (χ1n) is 5.66. The summed E-state index contributed by atoms with van der Waals surface area (Å²) in [5.41, 5.74) is 0.273. The maximum Gasteiger partial charge on any atom is 0.271 e. The highest BCUT2D eigenvalue weighted by molar-refractivity contribution is 5.91. The number of nitrogens with one attached hydrogen (secondary N) is 1. The molecule has 0 unspecified atom stereocenters. The number of anilines is 1. The van der Waals surface area contributed by atoms with Crippen LogP contribution in [0, 0.1) is 6.92 Å². The van der Waals surface area contributed by atoms with Gasteiger partial charge in [0.1, 0.15) is 0 Å². The van der Waals surface area contributed by atoms with Gasteiger partial charge in [0.05, 0.1) is 6.54 Å². The van der Waals surface area contributed by atoms with E-state index in [1.165, 1.54) is 0 Å². The van der Waals surface area contributed by atoms with E-state index < -0.39 is 0 Å². The Morgan fingerprint density at radius 3 is 2.74 bits per heavy atom. The zero-order chi connectivity index (χ0) is 13.8. The Labute approximate surface area is 109 Å². The van der Waals surface area contributed by atoms with Gasteiger partial charge in [-0.05, 0) is 12.1 Å². The second kappa shape index (κ2) is 5.42. The standard InChI is InChI=1S/C11H14N6O2/c1-7-13-9(16-19-7)6-17(3)10-5-4-8(14-15-10)11(18)12-2/h4-5H,6H2,1-3H3,(H,12,18). The highest BCUT2D eigenvalue weighted by atomic mass is 16.5. The zero-order valence-corrected chi connectivity index (χ0v) is 10.9. The van der Waals surface area contributed by atoms with Gasteiger partial charge >= 0.3 is 0 Å². The number of carbonyl (C=O) groups excluding carboxylic acids is 1. The van der Waals surface area contributed by atoms with Gasteiger partial charge in [-0.3, -0.25) is 4.79 Å². The summed E-state index contributed by atoms with van der Waals surface area (Å²) in [5.74, 6) is 1.44. The molecule has 1 amide bonds. The van der Waals surface area contributed by atoms with Crippen LogP contribution < -0.4 is 10.2 Å². The highest BCUT2D eigenvalue weighted by Gasteiger charge is 2.10. The maximum atomic E-state index is 11.3. The Hall–Kier alpha value is -2.51. The van der Waals surface area contributed by atoms with Crippen molar-refractivity contribution in [1.82, 2.24) is 25.7 Å². The Kier molecular flexibility index (Phi) is 3.69. The van der Waals surface area contributed by atoms with E-state index in [0.29, 0.717) is 24.1 Å². The van der Waals surface area contributed by atoms with E-state index in [2.05, 4.69) is 25.7 Å². The third kappa shape index (κ3) is 3.03. The van der Waals surface area contributed by atoms with Crippen molar-refractivity contribution in [1.29, 1.82) is 0 Å². The molecule has 0 bridgehead atoms. The average Bonchev–Trinajstić information content (AvgIpc) is 2.83. The third-order valence-corrected chi connectivity index (χ3v) is 2.45. The van der Waals surface area contributed by atoms with Crippen LogP contribution in [0.4, 0.5) is 5.82 Å². The zero-order valence-electron chi connectivity index (χ0n) is 10.9. The van der Waals surface area contributed by atoms with Gasteiger partial charge in [0, 0.05) is 21.0 Å². The van der Waals surface area contributed by atoms with Crippen LogP contribution in [0.25, 0.3) is 0 Å². The minimum absolute atomic E-state index is 0.268. The second-order valence-corrected chi connectivity index (χ2v) is 3.94. The molecule has 0 fully saturated rings. The van der Waals surface area contributed by atoms with Crippen molar-refractivity contribution >= 4 is 11.7 Å². The first-order chi connectivity index (χ1) is 9.10. The van der Waals surface area contributed by atoms with E-state index in [9.17, 15) is 4.79 Å². The van der Waals surface area contributed by atoms with E-state index in [1.807, 2.05) is 11.9 Å². The molecule has 2 rings (SSSR count). The summed E-state index contributed by atoms with van der Waals surface area (Å²) in [5, 5.41) is 14.1. The van der Waals surface area contributed by atoms with Crippen LogP contribution in [-0.4, -0.2) is 40.3 Å². The van der Waals surface area contributed by atoms with Crippen LogP contribution in [-0.2, 0) is 6.54 Å². The lowest BCUT2D eigenvalue weighted by molar-refractivity contribution is 0.0957. The number of aromatic nitrogens is 4. The second-order valence-electron chi connectivity index (χ2n) is 3.94. The molecule has 0 aliphatic carbocycles. The molecule has 0 aliphatic rings. The molecule has 2 aromatic heterocycles. The van der Waals surface area contributed by atoms with Gasteiger partial charge in [-0.2, -0.15) is 4.98 Å². The summed E-state index contributed by atoms with van der Waals surface area (Å²) in [6.45, 7) is 2.18. The van der Waals surface area contributed by atoms with Crippen molar-refractivity contribution in [3.8, 4) is 0 Å². The summed E-state index contributed by atoms with van der Waals surface area (Å²) < 4.78 is 4.89. The quantitative estimate of drug-likeness (QED) is 0.838. The monoisotopic (exact) mass is 262 g/mol. The normalized spacial score (nSPS) is 10.3. The number of hydrogen-bond acceptors (Lipinski definition) is 7. The smallest absolute Gasteiger partial charge is 0.271 e. The first-order valence-corrected chi connectivity index (χ1v) is 5.66. The van der Waals surface area contributed by atoms with Gasteiger partial charge in [0.25, 0.3) is 5.91 Å². The van der Waals surface area contributed by atoms with E-state index in [4.69, 9.17) is 4.52 Å². The van der Waals surface area contributed by atoms with Crippen molar-refractivity contribution in [3.05, 3.63) is 29.5 Å². The minimum Gasteiger partial charge on any atom is -0.354 e. The fourth-order valence-electron chi connectivity index (χ4n) is 1.48. The van der Waals surface area contributed by atoms with Crippen molar-refractivity contribution in [2.75, 3.05) is 19.0 Å². The number of carbonyl (C=O) groups is 1. The molecular formula is C11H14N6O2. The van der Waals surface area contributed by atoms with E-state index in [-0.39, 0.29) is 11.6 Å². The molecule has 0 saturated carbocycles. The predicted molar refractivity (Wildman–Crippen MR) is 66.6 cm³/mol. The Bertz CT molecular complexity index is 565. The van der Waals surface area contributed by atoms with Gasteiger partial charge in [0.2, 0.25) is 5.89 Å². The van der Waals surface area contributed by atoms with Gasteiger partial charge in [-0.15, -0.1) is 10.2 Å². The van der Waals surface area contributed by atoms with Crippen molar-refractivity contribution in [2.45, 2.75) is 13.5 Å². The highest BCUT2D eigenvalue weighted by Crippen LogP contribution is 2.10. The van der Waals surface area contributed by atoms with Crippen LogP contribution in [0.15, 0.2) is 16.7 Å². The molecule has 0 spiro atoms. The molecule has 8 heteroatoms. The Morgan fingerprint density at radius 1 is 1.42 bits per heavy atom. The summed E-state index contributed by atoms with van der Waals surface area (Å²) in [6, 6.07) is 3.32. The van der Waals surface area contributed by atoms with Gasteiger partial charge in [0.15, 0.2) is 17.3 Å². The molecule has 2 aromatic rings. The van der Waals surface area contributed by atoms with Crippen molar-refractivity contribution < 1.29 is 9.32 Å². The molecule has 0 aliphatic heterocycles. The Morgan fingerprint density at radius 2 is 2.21 bits per heavy atom. The Balaban J connectivity index is 2.07. The van der Waals surface area contributed by atoms with E-state index in [0.717, 1.165) is 0 Å². The molecule has 2 heterocycles. The van der Waals surface area contributed by atoms with Gasteiger partial charge < -0.3 is 14.7 Å². The lowest BCUT2D eigenvalue weighted by Gasteiger charge is -2.14. The molecule has 0 radical (unpaired) electrons. The molecule has 100 valence electrons. The number of nitrogens with zero attached hydrogens (tertiary/aromatic N) is 5. The lowest BCUT2D eigenvalue weighted by atomic mass is 10.3.